The number of benzene rings is 2. The molecule has 0 aliphatic heterocycles. The molecule has 2 rings (SSSR count). The SMILES string of the molecule is CCC(C)(C)N(C(=O)C(CO)NC(=O)OC(C)(C)C)C(C(=O)Nc1ccccc1C)c1c(C)cccc1C. The van der Waals surface area contributed by atoms with Crippen molar-refractivity contribution in [1.29, 1.82) is 0 Å². The molecular weight excluding hydrogens is 482 g/mol. The van der Waals surface area contributed by atoms with E-state index in [4.69, 9.17) is 4.74 Å². The summed E-state index contributed by atoms with van der Waals surface area (Å²) in [4.78, 5) is 42.3. The maximum atomic E-state index is 14.2. The van der Waals surface area contributed by atoms with Crippen LogP contribution in [0, 0.1) is 20.8 Å². The molecule has 0 aromatic heterocycles. The molecule has 3 N–H and O–H groups in total. The monoisotopic (exact) mass is 525 g/mol. The van der Waals surface area contributed by atoms with Gasteiger partial charge in [-0.3, -0.25) is 9.59 Å². The molecule has 3 amide bonds. The summed E-state index contributed by atoms with van der Waals surface area (Å²) >= 11 is 0. The van der Waals surface area contributed by atoms with Crippen LogP contribution in [-0.2, 0) is 14.3 Å². The van der Waals surface area contributed by atoms with Gasteiger partial charge in [0.1, 0.15) is 17.7 Å². The van der Waals surface area contributed by atoms with Gasteiger partial charge in [0.05, 0.1) is 6.61 Å². The maximum absolute atomic E-state index is 14.2. The largest absolute Gasteiger partial charge is 0.444 e. The zero-order valence-electron chi connectivity index (χ0n) is 24.1. The predicted molar refractivity (Wildman–Crippen MR) is 150 cm³/mol. The predicted octanol–water partition coefficient (Wildman–Crippen LogP) is 5.19. The summed E-state index contributed by atoms with van der Waals surface area (Å²) in [5, 5.41) is 15.7. The zero-order valence-corrected chi connectivity index (χ0v) is 24.1. The molecule has 0 heterocycles. The van der Waals surface area contributed by atoms with Crippen LogP contribution in [-0.4, -0.2) is 51.7 Å². The van der Waals surface area contributed by atoms with E-state index < -0.39 is 41.8 Å². The number of alkyl carbamates (subject to hydrolysis) is 1. The molecule has 0 aliphatic carbocycles. The number of aliphatic hydroxyl groups excluding tert-OH is 1. The van der Waals surface area contributed by atoms with E-state index in [1.54, 1.807) is 20.8 Å². The van der Waals surface area contributed by atoms with Gasteiger partial charge in [-0.15, -0.1) is 0 Å². The molecule has 208 valence electrons. The van der Waals surface area contributed by atoms with E-state index in [1.807, 2.05) is 84.0 Å². The second-order valence-corrected chi connectivity index (χ2v) is 11.3. The minimum Gasteiger partial charge on any atom is -0.444 e. The third-order valence-electron chi connectivity index (χ3n) is 6.65. The summed E-state index contributed by atoms with van der Waals surface area (Å²) in [7, 11) is 0. The quantitative estimate of drug-likeness (QED) is 0.417. The molecule has 8 nitrogen and oxygen atoms in total. The molecule has 0 spiro atoms. The van der Waals surface area contributed by atoms with Gasteiger partial charge < -0.3 is 25.4 Å². The Bertz CT molecular complexity index is 1130. The first kappa shape index (κ1) is 30.8. The highest BCUT2D eigenvalue weighted by Gasteiger charge is 2.44. The maximum Gasteiger partial charge on any atom is 0.408 e. The number of hydrogen-bond acceptors (Lipinski definition) is 5. The summed E-state index contributed by atoms with van der Waals surface area (Å²) in [6.45, 7) is 15.8. The van der Waals surface area contributed by atoms with Crippen molar-refractivity contribution < 1.29 is 24.2 Å². The number of rotatable bonds is 9. The van der Waals surface area contributed by atoms with Crippen LogP contribution in [0.25, 0.3) is 0 Å². The zero-order chi connectivity index (χ0) is 28.8. The number of nitrogens with one attached hydrogen (secondary N) is 2. The molecule has 0 saturated heterocycles. The topological polar surface area (TPSA) is 108 Å². The van der Waals surface area contributed by atoms with Crippen molar-refractivity contribution in [2.24, 2.45) is 0 Å². The molecule has 0 saturated carbocycles. The molecule has 0 fully saturated rings. The molecule has 0 bridgehead atoms. The number of aryl methyl sites for hydroxylation is 3. The number of carbonyl (C=O) groups excluding carboxylic acids is 3. The van der Waals surface area contributed by atoms with Crippen LogP contribution in [0.4, 0.5) is 10.5 Å². The Morgan fingerprint density at radius 3 is 1.97 bits per heavy atom. The standard InChI is InChI=1S/C30H43N3O5/c1-10-30(8,9)33(27(36)23(18-34)32-28(37)38-29(5,6)7)25(24-20(3)15-13-16-21(24)4)26(35)31-22-17-12-11-14-19(22)2/h11-17,23,25,34H,10,18H2,1-9H3,(H,31,35)(H,32,37). The molecule has 2 aromatic carbocycles. The molecule has 38 heavy (non-hydrogen) atoms. The lowest BCUT2D eigenvalue weighted by molar-refractivity contribution is -0.148. The van der Waals surface area contributed by atoms with Crippen LogP contribution in [0.3, 0.4) is 0 Å². The lowest BCUT2D eigenvalue weighted by atomic mass is 9.88. The molecule has 0 aliphatic rings. The molecule has 8 heteroatoms. The third kappa shape index (κ3) is 7.57. The first-order valence-electron chi connectivity index (χ1n) is 13.0. The number of para-hydroxylation sites is 1. The average molecular weight is 526 g/mol. The summed E-state index contributed by atoms with van der Waals surface area (Å²) < 4.78 is 5.32. The first-order valence-corrected chi connectivity index (χ1v) is 13.0. The van der Waals surface area contributed by atoms with Crippen LogP contribution in [0.2, 0.25) is 0 Å². The van der Waals surface area contributed by atoms with Gasteiger partial charge >= 0.3 is 6.09 Å². The minimum absolute atomic E-state index is 0.388. The number of carbonyl (C=O) groups is 3. The van der Waals surface area contributed by atoms with Gasteiger partial charge in [0.25, 0.3) is 5.91 Å². The minimum atomic E-state index is -1.31. The van der Waals surface area contributed by atoms with Crippen molar-refractivity contribution in [2.45, 2.75) is 92.0 Å². The van der Waals surface area contributed by atoms with Crippen LogP contribution in [0.5, 0.6) is 0 Å². The summed E-state index contributed by atoms with van der Waals surface area (Å²) in [5.74, 6) is -0.974. The Kier molecular flexibility index (Phi) is 10.1. The van der Waals surface area contributed by atoms with E-state index in [1.165, 1.54) is 4.90 Å². The van der Waals surface area contributed by atoms with Gasteiger partial charge in [-0.1, -0.05) is 43.3 Å². The Hall–Kier alpha value is -3.39. The third-order valence-corrected chi connectivity index (χ3v) is 6.65. The highest BCUT2D eigenvalue weighted by molar-refractivity contribution is 6.00. The Morgan fingerprint density at radius 1 is 0.921 bits per heavy atom. The van der Waals surface area contributed by atoms with E-state index >= 15 is 0 Å². The first-order chi connectivity index (χ1) is 17.6. The van der Waals surface area contributed by atoms with Gasteiger partial charge in [-0.2, -0.15) is 0 Å². The molecular formula is C30H43N3O5. The molecule has 0 radical (unpaired) electrons. The van der Waals surface area contributed by atoms with Crippen LogP contribution in [0.1, 0.15) is 76.3 Å². The smallest absolute Gasteiger partial charge is 0.408 e. The lowest BCUT2D eigenvalue weighted by Gasteiger charge is -2.45. The number of hydrogen-bond donors (Lipinski definition) is 3. The number of nitrogens with zero attached hydrogens (tertiary/aromatic N) is 1. The van der Waals surface area contributed by atoms with Gasteiger partial charge in [0.2, 0.25) is 5.91 Å². The molecule has 2 atom stereocenters. The van der Waals surface area contributed by atoms with Crippen LogP contribution in [0.15, 0.2) is 42.5 Å². The number of ether oxygens (including phenoxy) is 1. The highest BCUT2D eigenvalue weighted by Crippen LogP contribution is 2.36. The Balaban J connectivity index is 2.67. The van der Waals surface area contributed by atoms with Crippen molar-refractivity contribution in [3.8, 4) is 0 Å². The summed E-state index contributed by atoms with van der Waals surface area (Å²) in [6, 6.07) is 10.8. The van der Waals surface area contributed by atoms with Crippen molar-refractivity contribution in [2.75, 3.05) is 11.9 Å². The van der Waals surface area contributed by atoms with E-state index in [2.05, 4.69) is 10.6 Å². The fraction of sp³-hybridized carbons (Fsp3) is 0.500. The Labute approximate surface area is 226 Å². The van der Waals surface area contributed by atoms with Gasteiger partial charge in [-0.25, -0.2) is 4.79 Å². The lowest BCUT2D eigenvalue weighted by Crippen LogP contribution is -2.60. The van der Waals surface area contributed by atoms with Gasteiger partial charge in [0.15, 0.2) is 0 Å². The second kappa shape index (κ2) is 12.4. The number of amides is 3. The van der Waals surface area contributed by atoms with Crippen molar-refractivity contribution in [1.82, 2.24) is 10.2 Å². The van der Waals surface area contributed by atoms with Crippen LogP contribution >= 0.6 is 0 Å². The highest BCUT2D eigenvalue weighted by atomic mass is 16.6. The van der Waals surface area contributed by atoms with Crippen molar-refractivity contribution in [3.05, 3.63) is 64.7 Å². The van der Waals surface area contributed by atoms with E-state index in [9.17, 15) is 19.5 Å². The van der Waals surface area contributed by atoms with Gasteiger partial charge in [0, 0.05) is 11.2 Å². The fourth-order valence-electron chi connectivity index (χ4n) is 4.30. The van der Waals surface area contributed by atoms with E-state index in [-0.39, 0.29) is 5.91 Å². The Morgan fingerprint density at radius 2 is 1.47 bits per heavy atom. The normalized spacial score (nSPS) is 13.3. The number of anilines is 1. The summed E-state index contributed by atoms with van der Waals surface area (Å²) in [5.41, 5.74) is 2.31. The van der Waals surface area contributed by atoms with E-state index in [0.29, 0.717) is 17.7 Å². The molecule has 2 unspecified atom stereocenters. The van der Waals surface area contributed by atoms with Crippen molar-refractivity contribution >= 4 is 23.6 Å². The molecule has 2 aromatic rings. The van der Waals surface area contributed by atoms with E-state index in [0.717, 1.165) is 16.7 Å². The average Bonchev–Trinajstić information content (AvgIpc) is 2.81. The van der Waals surface area contributed by atoms with Crippen molar-refractivity contribution in [3.63, 3.8) is 0 Å². The fourth-order valence-corrected chi connectivity index (χ4v) is 4.30. The summed E-state index contributed by atoms with van der Waals surface area (Å²) in [6.07, 6.45) is -0.310. The van der Waals surface area contributed by atoms with Gasteiger partial charge in [-0.05, 0) is 90.1 Å². The second-order valence-electron chi connectivity index (χ2n) is 11.3. The number of aliphatic hydroxyl groups is 1. The van der Waals surface area contributed by atoms with Crippen LogP contribution < -0.4 is 10.6 Å².